The molecule has 0 unspecified atom stereocenters. The van der Waals surface area contributed by atoms with Crippen LogP contribution in [0.5, 0.6) is 0 Å². The van der Waals surface area contributed by atoms with Crippen molar-refractivity contribution < 1.29 is 19.7 Å². The first-order valence-corrected chi connectivity index (χ1v) is 12.9. The summed E-state index contributed by atoms with van der Waals surface area (Å²) >= 11 is 0. The highest BCUT2D eigenvalue weighted by Gasteiger charge is 2.35. The molecule has 0 aromatic heterocycles. The maximum atomic E-state index is 9.82. The Kier molecular flexibility index (Phi) is 8.12. The molecule has 6 heteroatoms. The highest BCUT2D eigenvalue weighted by Crippen LogP contribution is 2.39. The van der Waals surface area contributed by atoms with Crippen molar-refractivity contribution in [2.24, 2.45) is 5.73 Å². The van der Waals surface area contributed by atoms with Crippen LogP contribution in [0.15, 0.2) is 72.8 Å². The van der Waals surface area contributed by atoms with Crippen molar-refractivity contribution in [1.29, 1.82) is 0 Å². The zero-order valence-corrected chi connectivity index (χ0v) is 20.6. The van der Waals surface area contributed by atoms with Crippen molar-refractivity contribution in [2.45, 2.75) is 57.0 Å². The molecule has 6 nitrogen and oxygen atoms in total. The summed E-state index contributed by atoms with van der Waals surface area (Å²) in [7, 11) is 0. The number of hydrogen-bond donors (Lipinski definition) is 3. The lowest BCUT2D eigenvalue weighted by atomic mass is 9.98. The first-order valence-electron chi connectivity index (χ1n) is 12.9. The first kappa shape index (κ1) is 25.1. The molecule has 3 aromatic rings. The summed E-state index contributed by atoms with van der Waals surface area (Å²) in [6.45, 7) is 2.47. The van der Waals surface area contributed by atoms with Crippen molar-refractivity contribution in [3.63, 3.8) is 0 Å². The van der Waals surface area contributed by atoms with Crippen LogP contribution in [0.1, 0.15) is 53.9 Å². The molecule has 2 fully saturated rings. The summed E-state index contributed by atoms with van der Waals surface area (Å²) in [5.41, 5.74) is 12.1. The summed E-state index contributed by atoms with van der Waals surface area (Å²) in [5.74, 6) is 0. The Morgan fingerprint density at radius 2 is 1.64 bits per heavy atom. The van der Waals surface area contributed by atoms with E-state index in [0.29, 0.717) is 6.54 Å². The average Bonchev–Trinajstić information content (AvgIpc) is 3.40. The molecular weight excluding hydrogens is 452 g/mol. The van der Waals surface area contributed by atoms with Gasteiger partial charge in [-0.2, -0.15) is 0 Å². The second kappa shape index (κ2) is 11.6. The molecule has 2 aliphatic heterocycles. The van der Waals surface area contributed by atoms with Crippen LogP contribution < -0.4 is 5.73 Å². The fourth-order valence-corrected chi connectivity index (χ4v) is 5.38. The fraction of sp³-hybridized carbons (Fsp3) is 0.400. The Bertz CT molecular complexity index is 1140. The molecule has 2 heterocycles. The molecule has 0 spiro atoms. The monoisotopic (exact) mass is 488 g/mol. The summed E-state index contributed by atoms with van der Waals surface area (Å²) in [6.07, 6.45) is 2.22. The highest BCUT2D eigenvalue weighted by atomic mass is 16.7. The molecular formula is C30H36N2O4. The summed E-state index contributed by atoms with van der Waals surface area (Å²) in [6, 6.07) is 24.8. The number of benzene rings is 3. The minimum atomic E-state index is -0.501. The number of hydrogen-bond acceptors (Lipinski definition) is 6. The van der Waals surface area contributed by atoms with Crippen LogP contribution in [-0.4, -0.2) is 47.0 Å². The smallest absolute Gasteiger partial charge is 0.184 e. The lowest BCUT2D eigenvalue weighted by Gasteiger charge is -2.38. The normalized spacial score (nSPS) is 24.8. The van der Waals surface area contributed by atoms with Crippen LogP contribution in [0.3, 0.4) is 0 Å². The first-order chi connectivity index (χ1) is 17.7. The van der Waals surface area contributed by atoms with Crippen LogP contribution in [0.25, 0.3) is 11.1 Å². The van der Waals surface area contributed by atoms with Gasteiger partial charge >= 0.3 is 0 Å². The summed E-state index contributed by atoms with van der Waals surface area (Å²) in [4.78, 5) is 2.35. The minimum absolute atomic E-state index is 0.0236. The van der Waals surface area contributed by atoms with Gasteiger partial charge in [-0.25, -0.2) is 0 Å². The second-order valence-corrected chi connectivity index (χ2v) is 9.85. The number of likely N-dealkylation sites (tertiary alicyclic amines) is 1. The second-order valence-electron chi connectivity index (χ2n) is 9.85. The molecule has 0 bridgehead atoms. The van der Waals surface area contributed by atoms with Gasteiger partial charge in [0.05, 0.1) is 25.4 Å². The molecule has 4 N–H and O–H groups in total. The van der Waals surface area contributed by atoms with Crippen molar-refractivity contribution in [1.82, 2.24) is 4.90 Å². The van der Waals surface area contributed by atoms with E-state index in [9.17, 15) is 10.2 Å². The van der Waals surface area contributed by atoms with E-state index < -0.39 is 6.29 Å². The van der Waals surface area contributed by atoms with Gasteiger partial charge in [-0.1, -0.05) is 60.7 Å². The van der Waals surface area contributed by atoms with Crippen molar-refractivity contribution in [2.75, 3.05) is 19.7 Å². The van der Waals surface area contributed by atoms with E-state index in [1.807, 2.05) is 42.5 Å². The van der Waals surface area contributed by atoms with Gasteiger partial charge in [0.25, 0.3) is 0 Å². The lowest BCUT2D eigenvalue weighted by molar-refractivity contribution is -0.253. The Balaban J connectivity index is 1.41. The average molecular weight is 489 g/mol. The molecule has 36 heavy (non-hydrogen) atoms. The number of nitrogens with zero attached hydrogens (tertiary/aromatic N) is 1. The molecule has 2 aliphatic rings. The van der Waals surface area contributed by atoms with Crippen LogP contribution in [0, 0.1) is 0 Å². The van der Waals surface area contributed by atoms with E-state index in [2.05, 4.69) is 35.2 Å². The maximum absolute atomic E-state index is 9.82. The van der Waals surface area contributed by atoms with Gasteiger partial charge in [-0.15, -0.1) is 0 Å². The van der Waals surface area contributed by atoms with E-state index in [1.54, 1.807) is 0 Å². The zero-order chi connectivity index (χ0) is 24.9. The molecule has 190 valence electrons. The third-order valence-electron chi connectivity index (χ3n) is 7.42. The van der Waals surface area contributed by atoms with E-state index in [1.165, 1.54) is 0 Å². The van der Waals surface area contributed by atoms with Crippen LogP contribution >= 0.6 is 0 Å². The third-order valence-corrected chi connectivity index (χ3v) is 7.42. The van der Waals surface area contributed by atoms with E-state index in [0.717, 1.165) is 65.7 Å². The molecule has 4 atom stereocenters. The van der Waals surface area contributed by atoms with E-state index in [-0.39, 0.29) is 31.5 Å². The van der Waals surface area contributed by atoms with Crippen molar-refractivity contribution in [3.05, 3.63) is 95.1 Å². The summed E-state index contributed by atoms with van der Waals surface area (Å²) in [5, 5.41) is 19.3. The number of aliphatic hydroxyl groups is 2. The van der Waals surface area contributed by atoms with Crippen LogP contribution in [0.4, 0.5) is 0 Å². The quantitative estimate of drug-likeness (QED) is 0.438. The minimum Gasteiger partial charge on any atom is -0.395 e. The Morgan fingerprint density at radius 1 is 0.861 bits per heavy atom. The third kappa shape index (κ3) is 5.70. The molecule has 5 rings (SSSR count). The van der Waals surface area contributed by atoms with Crippen molar-refractivity contribution >= 4 is 0 Å². The van der Waals surface area contributed by atoms with Gasteiger partial charge in [0.15, 0.2) is 6.29 Å². The van der Waals surface area contributed by atoms with E-state index in [4.69, 9.17) is 15.2 Å². The Labute approximate surface area is 213 Å². The van der Waals surface area contributed by atoms with Gasteiger partial charge in [0.2, 0.25) is 0 Å². The molecule has 0 saturated carbocycles. The van der Waals surface area contributed by atoms with Crippen molar-refractivity contribution in [3.8, 4) is 11.1 Å². The molecule has 0 radical (unpaired) electrons. The number of rotatable bonds is 8. The largest absolute Gasteiger partial charge is 0.395 e. The van der Waals surface area contributed by atoms with Gasteiger partial charge in [-0.05, 0) is 59.3 Å². The highest BCUT2D eigenvalue weighted by molar-refractivity contribution is 5.65. The predicted molar refractivity (Wildman–Crippen MR) is 140 cm³/mol. The molecule has 3 aromatic carbocycles. The van der Waals surface area contributed by atoms with Crippen LogP contribution in [-0.2, 0) is 22.6 Å². The standard InChI is InChI=1S/C30H36N2O4/c31-17-22-4-1-5-24(14-22)25-6-2-7-26(15-25)30-35-28(18-32-13-3-8-27(32)20-34)16-29(36-30)23-11-9-21(19-33)10-12-23/h1-2,4-7,9-12,14-15,27-30,33-34H,3,8,13,16-20,31H2/t27-,28+,29-,30-/m1/s1. The SMILES string of the molecule is NCc1cccc(-c2cccc([C@@H]3O[C@H](CN4CCC[C@@H]4CO)C[C@H](c4ccc(CO)cc4)O3)c2)c1. The van der Waals surface area contributed by atoms with Gasteiger partial charge in [-0.3, -0.25) is 4.90 Å². The lowest BCUT2D eigenvalue weighted by Crippen LogP contribution is -2.42. The Hall–Kier alpha value is -2.58. The van der Waals surface area contributed by atoms with Gasteiger partial charge in [0, 0.05) is 31.1 Å². The fourth-order valence-electron chi connectivity index (χ4n) is 5.38. The van der Waals surface area contributed by atoms with E-state index >= 15 is 0 Å². The number of ether oxygens (including phenoxy) is 2. The maximum Gasteiger partial charge on any atom is 0.184 e. The van der Waals surface area contributed by atoms with Gasteiger partial charge in [0.1, 0.15) is 0 Å². The number of aliphatic hydroxyl groups excluding tert-OH is 2. The van der Waals surface area contributed by atoms with Gasteiger partial charge < -0.3 is 25.4 Å². The topological polar surface area (TPSA) is 88.2 Å². The summed E-state index contributed by atoms with van der Waals surface area (Å²) < 4.78 is 13.1. The van der Waals surface area contributed by atoms with Crippen LogP contribution in [0.2, 0.25) is 0 Å². The predicted octanol–water partition coefficient (Wildman–Crippen LogP) is 4.31. The molecule has 0 amide bonds. The zero-order valence-electron chi connectivity index (χ0n) is 20.6. The molecule has 2 saturated heterocycles. The molecule has 0 aliphatic carbocycles. The number of nitrogens with two attached hydrogens (primary N) is 1. The Morgan fingerprint density at radius 3 is 2.39 bits per heavy atom.